The molecule has 1 atom stereocenters. The Hall–Kier alpha value is -2.64. The van der Waals surface area contributed by atoms with Crippen LogP contribution in [-0.2, 0) is 9.59 Å². The first-order valence-corrected chi connectivity index (χ1v) is 12.2. The van der Waals surface area contributed by atoms with Crippen LogP contribution in [0.2, 0.25) is 0 Å². The highest BCUT2D eigenvalue weighted by Gasteiger charge is 2.45. The van der Waals surface area contributed by atoms with Crippen molar-refractivity contribution in [2.75, 3.05) is 32.8 Å². The van der Waals surface area contributed by atoms with Crippen LogP contribution in [0.25, 0.3) is 5.76 Å². The zero-order valence-electron chi connectivity index (χ0n) is 19.4. The summed E-state index contributed by atoms with van der Waals surface area (Å²) in [5.41, 5.74) is 1.37. The van der Waals surface area contributed by atoms with Crippen LogP contribution in [0.3, 0.4) is 0 Å². The molecule has 0 aliphatic carbocycles. The molecule has 0 aromatic heterocycles. The molecule has 0 saturated carbocycles. The van der Waals surface area contributed by atoms with E-state index in [-0.39, 0.29) is 11.3 Å². The Morgan fingerprint density at radius 1 is 1.03 bits per heavy atom. The van der Waals surface area contributed by atoms with Crippen LogP contribution < -0.4 is 4.74 Å². The average molecular weight is 515 g/mol. The minimum Gasteiger partial charge on any atom is -0.507 e. The summed E-state index contributed by atoms with van der Waals surface area (Å²) in [6.45, 7) is 9.53. The lowest BCUT2D eigenvalue weighted by Gasteiger charge is -2.28. The molecule has 7 heteroatoms. The zero-order valence-corrected chi connectivity index (χ0v) is 21.0. The van der Waals surface area contributed by atoms with Gasteiger partial charge in [-0.3, -0.25) is 9.59 Å². The normalized spacial score (nSPS) is 17.7. The van der Waals surface area contributed by atoms with Gasteiger partial charge in [-0.1, -0.05) is 48.8 Å². The number of amides is 1. The number of likely N-dealkylation sites (tertiary alicyclic amines) is 1. The van der Waals surface area contributed by atoms with Crippen molar-refractivity contribution >= 4 is 33.4 Å². The third-order valence-electron chi connectivity index (χ3n) is 5.88. The number of aliphatic hydroxyl groups is 1. The van der Waals surface area contributed by atoms with Gasteiger partial charge in [0.2, 0.25) is 0 Å². The monoisotopic (exact) mass is 514 g/mol. The molecule has 1 amide bonds. The van der Waals surface area contributed by atoms with E-state index < -0.39 is 17.7 Å². The van der Waals surface area contributed by atoms with Crippen LogP contribution in [0.15, 0.2) is 58.6 Å². The number of rotatable bonds is 10. The number of carbonyl (C=O) groups is 2. The number of ketones is 1. The number of carbonyl (C=O) groups excluding carboxylic acids is 2. The van der Waals surface area contributed by atoms with Crippen molar-refractivity contribution < 1.29 is 19.4 Å². The van der Waals surface area contributed by atoms with Gasteiger partial charge in [-0.2, -0.15) is 0 Å². The van der Waals surface area contributed by atoms with Crippen LogP contribution >= 0.6 is 15.9 Å². The van der Waals surface area contributed by atoms with Gasteiger partial charge in [-0.25, -0.2) is 0 Å². The molecule has 0 radical (unpaired) electrons. The fourth-order valence-corrected chi connectivity index (χ4v) is 4.24. The Labute approximate surface area is 204 Å². The lowest BCUT2D eigenvalue weighted by atomic mass is 9.95. The molecule has 1 aliphatic rings. The Bertz CT molecular complexity index is 998. The molecular formula is C26H31BrN2O4. The van der Waals surface area contributed by atoms with E-state index in [9.17, 15) is 14.7 Å². The van der Waals surface area contributed by atoms with E-state index in [2.05, 4.69) is 34.7 Å². The van der Waals surface area contributed by atoms with E-state index in [0.717, 1.165) is 29.5 Å². The van der Waals surface area contributed by atoms with E-state index in [4.69, 9.17) is 4.74 Å². The molecule has 33 heavy (non-hydrogen) atoms. The van der Waals surface area contributed by atoms with Gasteiger partial charge in [0.15, 0.2) is 0 Å². The molecule has 1 fully saturated rings. The smallest absolute Gasteiger partial charge is 0.295 e. The summed E-state index contributed by atoms with van der Waals surface area (Å²) in [5, 5.41) is 11.2. The maximum absolute atomic E-state index is 13.1. The van der Waals surface area contributed by atoms with Gasteiger partial charge in [0, 0.05) is 23.1 Å². The van der Waals surface area contributed by atoms with Crippen LogP contribution in [0.4, 0.5) is 0 Å². The number of benzene rings is 2. The number of nitrogens with zero attached hydrogens (tertiary/aromatic N) is 2. The molecule has 0 bridgehead atoms. The summed E-state index contributed by atoms with van der Waals surface area (Å²) < 4.78 is 6.51. The maximum atomic E-state index is 13.1. The quantitative estimate of drug-likeness (QED) is 0.274. The zero-order chi connectivity index (χ0) is 24.0. The number of aliphatic hydroxyl groups excluding tert-OH is 1. The minimum atomic E-state index is -0.661. The van der Waals surface area contributed by atoms with E-state index >= 15 is 0 Å². The highest BCUT2D eigenvalue weighted by Crippen LogP contribution is 2.39. The molecule has 0 spiro atoms. The Balaban J connectivity index is 2.02. The van der Waals surface area contributed by atoms with E-state index in [1.54, 1.807) is 29.2 Å². The molecule has 1 saturated heterocycles. The van der Waals surface area contributed by atoms with Gasteiger partial charge in [-0.15, -0.1) is 0 Å². The van der Waals surface area contributed by atoms with E-state index in [1.807, 2.05) is 31.2 Å². The first-order chi connectivity index (χ1) is 15.9. The molecule has 176 valence electrons. The topological polar surface area (TPSA) is 70.1 Å². The van der Waals surface area contributed by atoms with Crippen molar-refractivity contribution in [3.05, 3.63) is 69.7 Å². The number of likely N-dealkylation sites (N-methyl/N-ethyl adjacent to an activating group) is 1. The first kappa shape index (κ1) is 25.0. The predicted octanol–water partition coefficient (Wildman–Crippen LogP) is 5.00. The van der Waals surface area contributed by atoms with Crippen molar-refractivity contribution in [3.8, 4) is 5.75 Å². The summed E-state index contributed by atoms with van der Waals surface area (Å²) in [6, 6.07) is 13.8. The van der Waals surface area contributed by atoms with Crippen LogP contribution in [0, 0.1) is 0 Å². The van der Waals surface area contributed by atoms with Gasteiger partial charge in [0.25, 0.3) is 11.7 Å². The average Bonchev–Trinajstić information content (AvgIpc) is 3.08. The molecule has 3 rings (SSSR count). The Morgan fingerprint density at radius 2 is 1.67 bits per heavy atom. The summed E-state index contributed by atoms with van der Waals surface area (Å²) >= 11 is 3.44. The largest absolute Gasteiger partial charge is 0.507 e. The SMILES string of the molecule is CCCOc1ccc(/C(O)=C2\C(=O)C(=O)N(CCN(CC)CC)C2c2ccc(Br)cc2)cc1. The third-order valence-corrected chi connectivity index (χ3v) is 6.41. The number of Topliss-reactive ketones (excluding diaryl/α,β-unsaturated/α-hetero) is 1. The molecule has 2 aromatic rings. The fraction of sp³-hybridized carbons (Fsp3) is 0.385. The number of hydrogen-bond acceptors (Lipinski definition) is 5. The second kappa shape index (κ2) is 11.5. The summed E-state index contributed by atoms with van der Waals surface area (Å²) in [6.07, 6.45) is 0.895. The molecular weight excluding hydrogens is 484 g/mol. The second-order valence-electron chi connectivity index (χ2n) is 7.94. The van der Waals surface area contributed by atoms with E-state index in [1.165, 1.54) is 0 Å². The maximum Gasteiger partial charge on any atom is 0.295 e. The molecule has 1 heterocycles. The van der Waals surface area contributed by atoms with E-state index in [0.29, 0.717) is 31.0 Å². The summed E-state index contributed by atoms with van der Waals surface area (Å²) in [5.74, 6) is -0.725. The molecule has 2 aromatic carbocycles. The van der Waals surface area contributed by atoms with Crippen LogP contribution in [-0.4, -0.2) is 59.4 Å². The van der Waals surface area contributed by atoms with Gasteiger partial charge in [-0.05, 0) is 61.5 Å². The fourth-order valence-electron chi connectivity index (χ4n) is 3.98. The molecule has 6 nitrogen and oxygen atoms in total. The van der Waals surface area contributed by atoms with Crippen LogP contribution in [0.5, 0.6) is 5.75 Å². The van der Waals surface area contributed by atoms with Crippen molar-refractivity contribution in [1.82, 2.24) is 9.80 Å². The highest BCUT2D eigenvalue weighted by molar-refractivity contribution is 9.10. The molecule has 1 aliphatic heterocycles. The Kier molecular flexibility index (Phi) is 8.69. The van der Waals surface area contributed by atoms with Gasteiger partial charge < -0.3 is 19.6 Å². The molecule has 1 unspecified atom stereocenters. The van der Waals surface area contributed by atoms with Crippen molar-refractivity contribution in [2.45, 2.75) is 33.2 Å². The van der Waals surface area contributed by atoms with Crippen LogP contribution in [0.1, 0.15) is 44.4 Å². The highest BCUT2D eigenvalue weighted by atomic mass is 79.9. The minimum absolute atomic E-state index is 0.115. The number of hydrogen-bond donors (Lipinski definition) is 1. The summed E-state index contributed by atoms with van der Waals surface area (Å²) in [4.78, 5) is 29.9. The van der Waals surface area contributed by atoms with Crippen molar-refractivity contribution in [1.29, 1.82) is 0 Å². The van der Waals surface area contributed by atoms with Gasteiger partial charge >= 0.3 is 0 Å². The van der Waals surface area contributed by atoms with Gasteiger partial charge in [0.1, 0.15) is 11.5 Å². The lowest BCUT2D eigenvalue weighted by molar-refractivity contribution is -0.140. The predicted molar refractivity (Wildman–Crippen MR) is 133 cm³/mol. The van der Waals surface area contributed by atoms with Crippen molar-refractivity contribution in [2.24, 2.45) is 0 Å². The molecule has 1 N–H and O–H groups in total. The lowest BCUT2D eigenvalue weighted by Crippen LogP contribution is -2.38. The number of halogens is 1. The summed E-state index contributed by atoms with van der Waals surface area (Å²) in [7, 11) is 0. The second-order valence-corrected chi connectivity index (χ2v) is 8.86. The van der Waals surface area contributed by atoms with Crippen molar-refractivity contribution in [3.63, 3.8) is 0 Å². The standard InChI is InChI=1S/C26H31BrN2O4/c1-4-17-33-21-13-9-19(10-14-21)24(30)22-23(18-7-11-20(27)12-8-18)29(26(32)25(22)31)16-15-28(5-2)6-3/h7-14,23,30H,4-6,15-17H2,1-3H3/b24-22+. The van der Waals surface area contributed by atoms with Gasteiger partial charge in [0.05, 0.1) is 18.2 Å². The Morgan fingerprint density at radius 3 is 2.24 bits per heavy atom. The third kappa shape index (κ3) is 5.65. The first-order valence-electron chi connectivity index (χ1n) is 11.4. The number of ether oxygens (including phenoxy) is 1.